The van der Waals surface area contributed by atoms with Crippen LogP contribution in [0.5, 0.6) is 5.75 Å². The molecule has 0 spiro atoms. The number of hydrogen-bond acceptors (Lipinski definition) is 3. The number of carboxylic acid groups (broad SMARTS) is 1. The van der Waals surface area contributed by atoms with Gasteiger partial charge in [0.2, 0.25) is 0 Å². The maximum Gasteiger partial charge on any atom is 0.345 e. The molecule has 88 valence electrons. The summed E-state index contributed by atoms with van der Waals surface area (Å²) in [5.41, 5.74) is 1.32. The van der Waals surface area contributed by atoms with Gasteiger partial charge in [-0.05, 0) is 37.5 Å². The van der Waals surface area contributed by atoms with Crippen LogP contribution in [0.15, 0.2) is 18.2 Å². The lowest BCUT2D eigenvalue weighted by molar-refractivity contribution is -0.146. The van der Waals surface area contributed by atoms with Gasteiger partial charge < -0.3 is 9.84 Å². The van der Waals surface area contributed by atoms with Gasteiger partial charge in [-0.2, -0.15) is 5.26 Å². The topological polar surface area (TPSA) is 70.3 Å². The molecule has 0 aromatic heterocycles. The fraction of sp³-hybridized carbons (Fsp3) is 0.385. The fourth-order valence-corrected chi connectivity index (χ4v) is 1.68. The van der Waals surface area contributed by atoms with Gasteiger partial charge >= 0.3 is 5.97 Å². The first kappa shape index (κ1) is 11.5. The lowest BCUT2D eigenvalue weighted by atomic mass is 10.1. The Morgan fingerprint density at radius 1 is 1.59 bits per heavy atom. The number of hydrogen-bond donors (Lipinski definition) is 1. The van der Waals surface area contributed by atoms with E-state index in [1.54, 1.807) is 18.2 Å². The van der Waals surface area contributed by atoms with Crippen molar-refractivity contribution in [2.45, 2.75) is 25.9 Å². The van der Waals surface area contributed by atoms with Gasteiger partial charge in [0.1, 0.15) is 5.75 Å². The van der Waals surface area contributed by atoms with Crippen LogP contribution >= 0.6 is 0 Å². The largest absolute Gasteiger partial charge is 0.478 e. The SMILES string of the molecule is Cc1ccc(C#N)cc1OC(C(=O)O)C1CC1. The second-order valence-corrected chi connectivity index (χ2v) is 4.31. The molecule has 2 rings (SSSR count). The Morgan fingerprint density at radius 3 is 2.82 bits per heavy atom. The van der Waals surface area contributed by atoms with Crippen molar-refractivity contribution in [1.82, 2.24) is 0 Å². The minimum absolute atomic E-state index is 0.109. The highest BCUT2D eigenvalue weighted by Gasteiger charge is 2.38. The van der Waals surface area contributed by atoms with Gasteiger partial charge in [0.15, 0.2) is 6.10 Å². The van der Waals surface area contributed by atoms with Gasteiger partial charge in [-0.3, -0.25) is 0 Å². The van der Waals surface area contributed by atoms with Crippen LogP contribution in [0.1, 0.15) is 24.0 Å². The Bertz CT molecular complexity index is 486. The van der Waals surface area contributed by atoms with Crippen molar-refractivity contribution >= 4 is 5.97 Å². The number of rotatable bonds is 4. The number of benzene rings is 1. The smallest absolute Gasteiger partial charge is 0.345 e. The quantitative estimate of drug-likeness (QED) is 0.861. The van der Waals surface area contributed by atoms with E-state index in [-0.39, 0.29) is 5.92 Å². The Labute approximate surface area is 99.4 Å². The van der Waals surface area contributed by atoms with Gasteiger partial charge in [0.25, 0.3) is 0 Å². The van der Waals surface area contributed by atoms with Crippen LogP contribution in [0.25, 0.3) is 0 Å². The average molecular weight is 231 g/mol. The molecular formula is C13H13NO3. The third-order valence-electron chi connectivity index (χ3n) is 2.86. The lowest BCUT2D eigenvalue weighted by Gasteiger charge is -2.16. The zero-order valence-corrected chi connectivity index (χ0v) is 9.51. The molecule has 1 saturated carbocycles. The molecule has 4 heteroatoms. The van der Waals surface area contributed by atoms with Crippen LogP contribution in [-0.4, -0.2) is 17.2 Å². The van der Waals surface area contributed by atoms with Gasteiger partial charge in [0.05, 0.1) is 11.6 Å². The summed E-state index contributed by atoms with van der Waals surface area (Å²) in [7, 11) is 0. The Hall–Kier alpha value is -2.02. The molecule has 1 aromatic carbocycles. The normalized spacial score (nSPS) is 16.0. The summed E-state index contributed by atoms with van der Waals surface area (Å²) in [4.78, 5) is 11.1. The number of aliphatic carboxylic acids is 1. The molecule has 17 heavy (non-hydrogen) atoms. The molecule has 1 atom stereocenters. The third kappa shape index (κ3) is 2.56. The zero-order valence-electron chi connectivity index (χ0n) is 9.51. The number of carboxylic acids is 1. The minimum atomic E-state index is -0.936. The standard InChI is InChI=1S/C13H13NO3/c1-8-2-3-9(7-14)6-11(8)17-12(13(15)16)10-4-5-10/h2-3,6,10,12H,4-5H2,1H3,(H,15,16). The van der Waals surface area contributed by atoms with E-state index in [1.165, 1.54) is 0 Å². The summed E-state index contributed by atoms with van der Waals surface area (Å²) < 4.78 is 5.52. The highest BCUT2D eigenvalue weighted by Crippen LogP contribution is 2.35. The van der Waals surface area contributed by atoms with Crippen molar-refractivity contribution < 1.29 is 14.6 Å². The molecule has 1 N–H and O–H groups in total. The van der Waals surface area contributed by atoms with E-state index in [2.05, 4.69) is 0 Å². The summed E-state index contributed by atoms with van der Waals surface area (Å²) in [6.45, 7) is 1.84. The summed E-state index contributed by atoms with van der Waals surface area (Å²) in [6.07, 6.45) is 1.00. The molecule has 1 fully saturated rings. The van der Waals surface area contributed by atoms with Gasteiger partial charge in [-0.25, -0.2) is 4.79 Å². The third-order valence-corrected chi connectivity index (χ3v) is 2.86. The number of aryl methyl sites for hydroxylation is 1. The molecule has 4 nitrogen and oxygen atoms in total. The minimum Gasteiger partial charge on any atom is -0.478 e. The summed E-state index contributed by atoms with van der Waals surface area (Å²) in [5.74, 6) is -0.338. The second-order valence-electron chi connectivity index (χ2n) is 4.31. The molecule has 0 aliphatic heterocycles. The second kappa shape index (κ2) is 4.46. The molecule has 0 heterocycles. The molecule has 1 unspecified atom stereocenters. The van der Waals surface area contributed by atoms with Gasteiger partial charge in [-0.1, -0.05) is 6.07 Å². The zero-order chi connectivity index (χ0) is 12.4. The van der Waals surface area contributed by atoms with Crippen molar-refractivity contribution in [2.24, 2.45) is 5.92 Å². The first-order valence-electron chi connectivity index (χ1n) is 5.52. The van der Waals surface area contributed by atoms with Crippen LogP contribution in [0, 0.1) is 24.2 Å². The van der Waals surface area contributed by atoms with E-state index >= 15 is 0 Å². The van der Waals surface area contributed by atoms with Crippen molar-refractivity contribution in [3.05, 3.63) is 29.3 Å². The molecule has 1 aliphatic rings. The van der Waals surface area contributed by atoms with Crippen LogP contribution in [-0.2, 0) is 4.79 Å². The number of nitrogens with zero attached hydrogens (tertiary/aromatic N) is 1. The van der Waals surface area contributed by atoms with E-state index in [0.29, 0.717) is 11.3 Å². The van der Waals surface area contributed by atoms with E-state index < -0.39 is 12.1 Å². The van der Waals surface area contributed by atoms with Crippen LogP contribution in [0.3, 0.4) is 0 Å². The van der Waals surface area contributed by atoms with Crippen molar-refractivity contribution in [3.63, 3.8) is 0 Å². The molecule has 0 amide bonds. The molecule has 0 radical (unpaired) electrons. The lowest BCUT2D eigenvalue weighted by Crippen LogP contribution is -2.29. The van der Waals surface area contributed by atoms with Crippen molar-refractivity contribution in [3.8, 4) is 11.8 Å². The molecule has 1 aliphatic carbocycles. The number of nitriles is 1. The fourth-order valence-electron chi connectivity index (χ4n) is 1.68. The molecule has 1 aromatic rings. The summed E-state index contributed by atoms with van der Waals surface area (Å²) in [6, 6.07) is 7.06. The van der Waals surface area contributed by atoms with Crippen molar-refractivity contribution in [1.29, 1.82) is 5.26 Å². The summed E-state index contributed by atoms with van der Waals surface area (Å²) >= 11 is 0. The van der Waals surface area contributed by atoms with E-state index in [9.17, 15) is 4.79 Å². The average Bonchev–Trinajstić information content (AvgIpc) is 3.11. The molecular weight excluding hydrogens is 218 g/mol. The van der Waals surface area contributed by atoms with Crippen LogP contribution < -0.4 is 4.74 Å². The Morgan fingerprint density at radius 2 is 2.29 bits per heavy atom. The molecule has 0 saturated heterocycles. The first-order chi connectivity index (χ1) is 8.11. The van der Waals surface area contributed by atoms with Crippen LogP contribution in [0.2, 0.25) is 0 Å². The van der Waals surface area contributed by atoms with E-state index in [1.807, 2.05) is 13.0 Å². The maximum atomic E-state index is 11.1. The Kier molecular flexibility index (Phi) is 3.01. The van der Waals surface area contributed by atoms with Crippen LogP contribution in [0.4, 0.5) is 0 Å². The number of carbonyl (C=O) groups is 1. The maximum absolute atomic E-state index is 11.1. The number of ether oxygens (including phenoxy) is 1. The van der Waals surface area contributed by atoms with Gasteiger partial charge in [0, 0.05) is 5.92 Å². The summed E-state index contributed by atoms with van der Waals surface area (Å²) in [5, 5.41) is 17.9. The predicted octanol–water partition coefficient (Wildman–Crippen LogP) is 2.11. The predicted molar refractivity (Wildman–Crippen MR) is 60.7 cm³/mol. The van der Waals surface area contributed by atoms with Crippen molar-refractivity contribution in [2.75, 3.05) is 0 Å². The highest BCUT2D eigenvalue weighted by molar-refractivity contribution is 5.73. The Balaban J connectivity index is 2.22. The highest BCUT2D eigenvalue weighted by atomic mass is 16.5. The van der Waals surface area contributed by atoms with E-state index in [4.69, 9.17) is 15.1 Å². The molecule has 0 bridgehead atoms. The van der Waals surface area contributed by atoms with Gasteiger partial charge in [-0.15, -0.1) is 0 Å². The first-order valence-corrected chi connectivity index (χ1v) is 5.52. The van der Waals surface area contributed by atoms with E-state index in [0.717, 1.165) is 18.4 Å². The monoisotopic (exact) mass is 231 g/mol.